The van der Waals surface area contributed by atoms with Crippen molar-refractivity contribution < 1.29 is 14.3 Å². The maximum Gasteiger partial charge on any atom is 0.396 e. The Labute approximate surface area is 89.6 Å². The molecule has 0 N–H and O–H groups in total. The van der Waals surface area contributed by atoms with Crippen LogP contribution in [-0.2, 0) is 14.3 Å². The number of hydrogen-bond acceptors (Lipinski definition) is 3. The minimum atomic E-state index is -0.726. The molecule has 4 heteroatoms. The summed E-state index contributed by atoms with van der Waals surface area (Å²) in [6.45, 7) is 1.48. The predicted molar refractivity (Wildman–Crippen MR) is 54.0 cm³/mol. The second-order valence-corrected chi connectivity index (χ2v) is 4.59. The first-order chi connectivity index (χ1) is 7.20. The third-order valence-electron chi connectivity index (χ3n) is 3.00. The van der Waals surface area contributed by atoms with Crippen molar-refractivity contribution in [1.82, 2.24) is 4.90 Å². The van der Waals surface area contributed by atoms with Crippen molar-refractivity contribution in [1.29, 1.82) is 0 Å². The molecule has 0 radical (unpaired) electrons. The zero-order valence-electron chi connectivity index (χ0n) is 9.07. The number of methoxy groups -OCH3 is 1. The van der Waals surface area contributed by atoms with Crippen LogP contribution in [0.4, 0.5) is 0 Å². The van der Waals surface area contributed by atoms with Gasteiger partial charge in [0.2, 0.25) is 0 Å². The normalized spacial score (nSPS) is 19.8. The Kier molecular flexibility index (Phi) is 2.93. The van der Waals surface area contributed by atoms with Crippen LogP contribution in [0.25, 0.3) is 0 Å². The van der Waals surface area contributed by atoms with Gasteiger partial charge in [-0.3, -0.25) is 4.79 Å². The van der Waals surface area contributed by atoms with E-state index >= 15 is 0 Å². The van der Waals surface area contributed by atoms with Gasteiger partial charge in [-0.1, -0.05) is 0 Å². The minimum absolute atomic E-state index is 0.462. The van der Waals surface area contributed by atoms with Crippen molar-refractivity contribution >= 4 is 11.9 Å². The summed E-state index contributed by atoms with van der Waals surface area (Å²) in [5.41, 5.74) is 0. The van der Waals surface area contributed by atoms with Crippen molar-refractivity contribution in [2.75, 3.05) is 20.2 Å². The quantitative estimate of drug-likeness (QED) is 0.510. The molecule has 15 heavy (non-hydrogen) atoms. The van der Waals surface area contributed by atoms with Crippen LogP contribution >= 0.6 is 0 Å². The van der Waals surface area contributed by atoms with E-state index in [0.717, 1.165) is 13.1 Å². The number of esters is 1. The second kappa shape index (κ2) is 4.21. The smallest absolute Gasteiger partial charge is 0.396 e. The van der Waals surface area contributed by atoms with Crippen LogP contribution in [0.1, 0.15) is 25.7 Å². The third kappa shape index (κ3) is 2.94. The minimum Gasteiger partial charge on any atom is -0.462 e. The molecule has 2 saturated carbocycles. The molecule has 0 aromatic carbocycles. The van der Waals surface area contributed by atoms with Crippen LogP contribution < -0.4 is 0 Å². The largest absolute Gasteiger partial charge is 0.462 e. The summed E-state index contributed by atoms with van der Waals surface area (Å²) in [5, 5.41) is 0. The average Bonchev–Trinajstić information content (AvgIpc) is 3.08. The molecule has 0 aromatic rings. The van der Waals surface area contributed by atoms with E-state index in [1.54, 1.807) is 4.90 Å². The number of rotatable bonds is 4. The number of carbonyl (C=O) groups is 2. The van der Waals surface area contributed by atoms with Gasteiger partial charge < -0.3 is 9.64 Å². The van der Waals surface area contributed by atoms with Gasteiger partial charge in [0.15, 0.2) is 0 Å². The molecule has 0 unspecified atom stereocenters. The van der Waals surface area contributed by atoms with E-state index in [1.165, 1.54) is 32.8 Å². The zero-order valence-corrected chi connectivity index (χ0v) is 9.07. The third-order valence-corrected chi connectivity index (χ3v) is 3.00. The zero-order chi connectivity index (χ0) is 10.8. The molecule has 0 aliphatic heterocycles. The van der Waals surface area contributed by atoms with E-state index in [9.17, 15) is 9.59 Å². The second-order valence-electron chi connectivity index (χ2n) is 4.59. The van der Waals surface area contributed by atoms with Crippen LogP contribution in [0.2, 0.25) is 0 Å². The highest BCUT2D eigenvalue weighted by molar-refractivity contribution is 6.32. The molecule has 84 valence electrons. The lowest BCUT2D eigenvalue weighted by molar-refractivity contribution is -0.158. The molecule has 2 fully saturated rings. The van der Waals surface area contributed by atoms with Crippen LogP contribution in [-0.4, -0.2) is 37.0 Å². The summed E-state index contributed by atoms with van der Waals surface area (Å²) in [6, 6.07) is 0. The maximum absolute atomic E-state index is 11.7. The Morgan fingerprint density at radius 2 is 1.60 bits per heavy atom. The van der Waals surface area contributed by atoms with Crippen LogP contribution in [0, 0.1) is 11.8 Å². The monoisotopic (exact) mass is 211 g/mol. The first-order valence-corrected chi connectivity index (χ1v) is 5.58. The Morgan fingerprint density at radius 1 is 1.13 bits per heavy atom. The van der Waals surface area contributed by atoms with Gasteiger partial charge in [-0.05, 0) is 37.5 Å². The van der Waals surface area contributed by atoms with Gasteiger partial charge in [0.25, 0.3) is 0 Å². The van der Waals surface area contributed by atoms with E-state index in [4.69, 9.17) is 0 Å². The number of hydrogen-bond donors (Lipinski definition) is 0. The molecule has 0 spiro atoms. The lowest BCUT2D eigenvalue weighted by Gasteiger charge is -2.20. The van der Waals surface area contributed by atoms with Gasteiger partial charge in [-0.2, -0.15) is 0 Å². The van der Waals surface area contributed by atoms with Crippen LogP contribution in [0.3, 0.4) is 0 Å². The molecule has 0 heterocycles. The molecule has 0 bridgehead atoms. The molecule has 2 rings (SSSR count). The Balaban J connectivity index is 1.88. The number of nitrogens with zero attached hydrogens (tertiary/aromatic N) is 1. The van der Waals surface area contributed by atoms with Gasteiger partial charge in [0.1, 0.15) is 0 Å². The van der Waals surface area contributed by atoms with Crippen molar-refractivity contribution in [2.24, 2.45) is 11.8 Å². The molecule has 0 atom stereocenters. The average molecular weight is 211 g/mol. The van der Waals surface area contributed by atoms with E-state index in [0.29, 0.717) is 11.8 Å². The molecule has 4 nitrogen and oxygen atoms in total. The lowest BCUT2D eigenvalue weighted by Crippen LogP contribution is -2.39. The Hall–Kier alpha value is -1.06. The fourth-order valence-corrected chi connectivity index (χ4v) is 1.68. The highest BCUT2D eigenvalue weighted by Gasteiger charge is 2.33. The van der Waals surface area contributed by atoms with Gasteiger partial charge in [-0.25, -0.2) is 4.79 Å². The van der Waals surface area contributed by atoms with Gasteiger partial charge in [0.05, 0.1) is 7.11 Å². The molecule has 2 aliphatic rings. The fraction of sp³-hybridized carbons (Fsp3) is 0.818. The fourth-order valence-electron chi connectivity index (χ4n) is 1.68. The standard InChI is InChI=1S/C11H17NO3/c1-15-11(14)10(13)12(6-8-2-3-8)7-9-4-5-9/h8-9H,2-7H2,1H3. The Bertz CT molecular complexity index is 255. The van der Waals surface area contributed by atoms with Gasteiger partial charge in [0, 0.05) is 13.1 Å². The predicted octanol–water partition coefficient (Wildman–Crippen LogP) is 0.808. The topological polar surface area (TPSA) is 46.6 Å². The first-order valence-electron chi connectivity index (χ1n) is 5.58. The highest BCUT2D eigenvalue weighted by atomic mass is 16.5. The van der Waals surface area contributed by atoms with E-state index < -0.39 is 11.9 Å². The molecule has 0 saturated heterocycles. The van der Waals surface area contributed by atoms with Gasteiger partial charge in [-0.15, -0.1) is 0 Å². The summed E-state index contributed by atoms with van der Waals surface area (Å²) in [7, 11) is 1.26. The highest BCUT2D eigenvalue weighted by Crippen LogP contribution is 2.33. The summed E-state index contributed by atoms with van der Waals surface area (Å²) in [4.78, 5) is 24.5. The van der Waals surface area contributed by atoms with E-state index in [-0.39, 0.29) is 0 Å². The van der Waals surface area contributed by atoms with Crippen molar-refractivity contribution in [2.45, 2.75) is 25.7 Å². The van der Waals surface area contributed by atoms with E-state index in [2.05, 4.69) is 4.74 Å². The molecular weight excluding hydrogens is 194 g/mol. The lowest BCUT2D eigenvalue weighted by atomic mass is 10.3. The number of carbonyl (C=O) groups excluding carboxylic acids is 2. The SMILES string of the molecule is COC(=O)C(=O)N(CC1CC1)CC1CC1. The van der Waals surface area contributed by atoms with E-state index in [1.807, 2.05) is 0 Å². The molecule has 0 aromatic heterocycles. The van der Waals surface area contributed by atoms with Crippen molar-refractivity contribution in [3.63, 3.8) is 0 Å². The van der Waals surface area contributed by atoms with Crippen LogP contribution in [0.15, 0.2) is 0 Å². The van der Waals surface area contributed by atoms with Gasteiger partial charge >= 0.3 is 11.9 Å². The Morgan fingerprint density at radius 3 is 1.93 bits per heavy atom. The number of ether oxygens (including phenoxy) is 1. The van der Waals surface area contributed by atoms with Crippen molar-refractivity contribution in [3.05, 3.63) is 0 Å². The summed E-state index contributed by atoms with van der Waals surface area (Å²) in [5.74, 6) is 0.0577. The summed E-state index contributed by atoms with van der Waals surface area (Å²) >= 11 is 0. The first kappa shape index (κ1) is 10.5. The maximum atomic E-state index is 11.7. The van der Waals surface area contributed by atoms with Crippen molar-refractivity contribution in [3.8, 4) is 0 Å². The number of amides is 1. The molecule has 1 amide bonds. The molecule has 2 aliphatic carbocycles. The molecular formula is C11H17NO3. The van der Waals surface area contributed by atoms with Crippen LogP contribution in [0.5, 0.6) is 0 Å². The summed E-state index contributed by atoms with van der Waals surface area (Å²) < 4.78 is 4.47. The summed E-state index contributed by atoms with van der Waals surface area (Å²) in [6.07, 6.45) is 4.76.